The van der Waals surface area contributed by atoms with E-state index in [9.17, 15) is 4.39 Å². The molecule has 2 heterocycles. The molecule has 1 aliphatic heterocycles. The number of anilines is 1. The second kappa shape index (κ2) is 9.66. The summed E-state index contributed by atoms with van der Waals surface area (Å²) in [4.78, 5) is 4.24. The van der Waals surface area contributed by atoms with Crippen molar-refractivity contribution in [1.29, 1.82) is 0 Å². The number of hydrogen-bond acceptors (Lipinski definition) is 6. The van der Waals surface area contributed by atoms with Crippen LogP contribution in [0.25, 0.3) is 11.1 Å². The number of rotatable bonds is 8. The van der Waals surface area contributed by atoms with Gasteiger partial charge in [-0.3, -0.25) is 4.98 Å². The van der Waals surface area contributed by atoms with Crippen LogP contribution in [0.2, 0.25) is 0 Å². The van der Waals surface area contributed by atoms with Crippen LogP contribution in [-0.4, -0.2) is 44.5 Å². The number of nitrogens with zero attached hydrogens (tertiary/aromatic N) is 1. The predicted molar refractivity (Wildman–Crippen MR) is 119 cm³/mol. The van der Waals surface area contributed by atoms with Gasteiger partial charge in [-0.2, -0.15) is 0 Å². The number of nitrogens with one attached hydrogen (secondary N) is 2. The smallest absolute Gasteiger partial charge is 0.151 e. The van der Waals surface area contributed by atoms with Crippen LogP contribution in [0.15, 0.2) is 60.9 Å². The first-order chi connectivity index (χ1) is 15.1. The van der Waals surface area contributed by atoms with Gasteiger partial charge in [0.25, 0.3) is 0 Å². The minimum absolute atomic E-state index is 0.0890. The van der Waals surface area contributed by atoms with Crippen molar-refractivity contribution in [1.82, 2.24) is 10.3 Å². The summed E-state index contributed by atoms with van der Waals surface area (Å²) in [5, 5.41) is 6.59. The van der Waals surface area contributed by atoms with Gasteiger partial charge in [0.15, 0.2) is 5.75 Å². The van der Waals surface area contributed by atoms with Crippen molar-refractivity contribution >= 4 is 5.69 Å². The fourth-order valence-corrected chi connectivity index (χ4v) is 3.55. The third-order valence-corrected chi connectivity index (χ3v) is 5.26. The first-order valence-corrected chi connectivity index (χ1v) is 10.2. The third kappa shape index (κ3) is 5.24. The number of pyridine rings is 1. The van der Waals surface area contributed by atoms with E-state index in [-0.39, 0.29) is 6.04 Å². The zero-order chi connectivity index (χ0) is 21.6. The molecule has 0 aliphatic carbocycles. The number of alkyl halides is 1. The Morgan fingerprint density at radius 3 is 2.45 bits per heavy atom. The maximum absolute atomic E-state index is 13.5. The molecule has 0 spiro atoms. The number of hydrogen-bond donors (Lipinski definition) is 2. The molecule has 1 saturated heterocycles. The van der Waals surface area contributed by atoms with Gasteiger partial charge in [-0.15, -0.1) is 0 Å². The van der Waals surface area contributed by atoms with Gasteiger partial charge in [-0.1, -0.05) is 6.07 Å². The quantitative estimate of drug-likeness (QED) is 0.549. The van der Waals surface area contributed by atoms with Crippen LogP contribution < -0.4 is 24.8 Å². The minimum atomic E-state index is -0.787. The highest BCUT2D eigenvalue weighted by Gasteiger charge is 2.23. The normalized spacial score (nSPS) is 17.9. The molecule has 1 aromatic heterocycles. The molecule has 3 aromatic rings. The Kier molecular flexibility index (Phi) is 6.52. The molecule has 0 unspecified atom stereocenters. The number of benzene rings is 2. The molecule has 1 fully saturated rings. The first-order valence-electron chi connectivity index (χ1n) is 10.2. The largest absolute Gasteiger partial charge is 0.497 e. The van der Waals surface area contributed by atoms with Crippen LogP contribution in [0.4, 0.5) is 10.1 Å². The fourth-order valence-electron chi connectivity index (χ4n) is 3.55. The summed E-state index contributed by atoms with van der Waals surface area (Å²) in [5.74, 6) is 2.80. The van der Waals surface area contributed by atoms with Crippen LogP contribution in [0.3, 0.4) is 0 Å². The Morgan fingerprint density at radius 2 is 1.74 bits per heavy atom. The van der Waals surface area contributed by atoms with E-state index < -0.39 is 6.17 Å². The summed E-state index contributed by atoms with van der Waals surface area (Å²) in [6, 6.07) is 15.4. The Labute approximate surface area is 181 Å². The van der Waals surface area contributed by atoms with E-state index in [4.69, 9.17) is 14.2 Å². The van der Waals surface area contributed by atoms with Gasteiger partial charge in [0, 0.05) is 30.9 Å². The van der Waals surface area contributed by atoms with Gasteiger partial charge >= 0.3 is 0 Å². The summed E-state index contributed by atoms with van der Waals surface area (Å²) < 4.78 is 30.2. The van der Waals surface area contributed by atoms with Crippen LogP contribution in [-0.2, 0) is 0 Å². The van der Waals surface area contributed by atoms with E-state index in [0.29, 0.717) is 36.8 Å². The zero-order valence-corrected chi connectivity index (χ0v) is 17.6. The van der Waals surface area contributed by atoms with Crippen LogP contribution in [0.1, 0.15) is 6.42 Å². The lowest BCUT2D eigenvalue weighted by atomic mass is 10.1. The first kappa shape index (κ1) is 20.9. The van der Waals surface area contributed by atoms with E-state index in [1.54, 1.807) is 26.6 Å². The molecule has 0 radical (unpaired) electrons. The molecule has 0 saturated carbocycles. The number of aromatic nitrogens is 1. The number of methoxy groups -OCH3 is 2. The van der Waals surface area contributed by atoms with E-state index in [0.717, 1.165) is 22.6 Å². The molecular formula is C24H26FN3O3. The molecule has 1 aliphatic rings. The highest BCUT2D eigenvalue weighted by atomic mass is 19.1. The lowest BCUT2D eigenvalue weighted by Gasteiger charge is -2.17. The van der Waals surface area contributed by atoms with Crippen molar-refractivity contribution < 1.29 is 18.6 Å². The Hall–Kier alpha value is -3.32. The van der Waals surface area contributed by atoms with Crippen molar-refractivity contribution in [3.8, 4) is 34.1 Å². The molecule has 6 nitrogen and oxygen atoms in total. The Bertz CT molecular complexity index is 1010. The van der Waals surface area contributed by atoms with Crippen molar-refractivity contribution in [3.63, 3.8) is 0 Å². The standard InChI is InChI=1S/C24H26FN3O3/c1-29-20-4-6-21(7-5-20)31-24-10-16(17-9-22(30-2)15-26-12-17)3-8-23(24)28-14-19-11-18(25)13-27-19/h3-10,12,15,18-19,27-28H,11,13-14H2,1-2H3/t18-,19+/m1/s1. The molecule has 162 valence electrons. The molecule has 0 amide bonds. The van der Waals surface area contributed by atoms with E-state index >= 15 is 0 Å². The van der Waals surface area contributed by atoms with Crippen molar-refractivity contribution in [3.05, 3.63) is 60.9 Å². The fraction of sp³-hybridized carbons (Fsp3) is 0.292. The summed E-state index contributed by atoms with van der Waals surface area (Å²) >= 11 is 0. The lowest BCUT2D eigenvalue weighted by molar-refractivity contribution is 0.356. The van der Waals surface area contributed by atoms with E-state index in [1.165, 1.54) is 0 Å². The van der Waals surface area contributed by atoms with Gasteiger partial charge < -0.3 is 24.8 Å². The molecule has 2 N–H and O–H groups in total. The van der Waals surface area contributed by atoms with E-state index in [2.05, 4.69) is 15.6 Å². The van der Waals surface area contributed by atoms with E-state index in [1.807, 2.05) is 48.5 Å². The summed E-state index contributed by atoms with van der Waals surface area (Å²) in [6.07, 6.45) is 3.17. The average Bonchev–Trinajstić information content (AvgIpc) is 3.23. The minimum Gasteiger partial charge on any atom is -0.497 e. The summed E-state index contributed by atoms with van der Waals surface area (Å²) in [6.45, 7) is 1.02. The maximum Gasteiger partial charge on any atom is 0.151 e. The Morgan fingerprint density at radius 1 is 0.968 bits per heavy atom. The SMILES string of the molecule is COc1ccc(Oc2cc(-c3cncc(OC)c3)ccc2NC[C@@H]2C[C@@H](F)CN2)cc1. The van der Waals surface area contributed by atoms with Crippen molar-refractivity contribution in [2.45, 2.75) is 18.6 Å². The average molecular weight is 423 g/mol. The predicted octanol–water partition coefficient (Wildman–Crippen LogP) is 4.67. The summed E-state index contributed by atoms with van der Waals surface area (Å²) in [5.41, 5.74) is 2.70. The van der Waals surface area contributed by atoms with Crippen molar-refractivity contribution in [2.24, 2.45) is 0 Å². The van der Waals surface area contributed by atoms with Crippen LogP contribution >= 0.6 is 0 Å². The highest BCUT2D eigenvalue weighted by Crippen LogP contribution is 2.35. The molecule has 7 heteroatoms. The van der Waals surface area contributed by atoms with Gasteiger partial charge in [0.05, 0.1) is 26.1 Å². The van der Waals surface area contributed by atoms with Crippen LogP contribution in [0.5, 0.6) is 23.0 Å². The second-order valence-corrected chi connectivity index (χ2v) is 7.42. The lowest BCUT2D eigenvalue weighted by Crippen LogP contribution is -2.29. The van der Waals surface area contributed by atoms with Gasteiger partial charge in [0.1, 0.15) is 23.4 Å². The zero-order valence-electron chi connectivity index (χ0n) is 17.6. The molecule has 2 atom stereocenters. The van der Waals surface area contributed by atoms with Gasteiger partial charge in [0.2, 0.25) is 0 Å². The highest BCUT2D eigenvalue weighted by molar-refractivity contribution is 5.71. The maximum atomic E-state index is 13.5. The van der Waals surface area contributed by atoms with Gasteiger partial charge in [-0.05, 0) is 54.4 Å². The molecule has 4 rings (SSSR count). The van der Waals surface area contributed by atoms with Crippen LogP contribution in [0, 0.1) is 0 Å². The molecule has 2 aromatic carbocycles. The van der Waals surface area contributed by atoms with Gasteiger partial charge in [-0.25, -0.2) is 4.39 Å². The summed E-state index contributed by atoms with van der Waals surface area (Å²) in [7, 11) is 3.24. The Balaban J connectivity index is 1.60. The van der Waals surface area contributed by atoms with Crippen molar-refractivity contribution in [2.75, 3.05) is 32.6 Å². The number of halogens is 1. The molecule has 31 heavy (non-hydrogen) atoms. The molecule has 0 bridgehead atoms. The molecular weight excluding hydrogens is 397 g/mol. The second-order valence-electron chi connectivity index (χ2n) is 7.42. The topological polar surface area (TPSA) is 64.6 Å². The third-order valence-electron chi connectivity index (χ3n) is 5.26. The number of ether oxygens (including phenoxy) is 3. The monoisotopic (exact) mass is 423 g/mol.